The average molecular weight is 272 g/mol. The molecule has 2 unspecified atom stereocenters. The van der Waals surface area contributed by atoms with Gasteiger partial charge in [0.1, 0.15) is 5.82 Å². The third-order valence-electron chi connectivity index (χ3n) is 3.75. The predicted molar refractivity (Wildman–Crippen MR) is 71.3 cm³/mol. The molecule has 4 heteroatoms. The van der Waals surface area contributed by atoms with E-state index in [0.717, 1.165) is 18.7 Å². The highest BCUT2D eigenvalue weighted by Crippen LogP contribution is 2.33. The third kappa shape index (κ3) is 2.68. The zero-order valence-electron chi connectivity index (χ0n) is 11.0. The highest BCUT2D eigenvalue weighted by Gasteiger charge is 2.36. The zero-order valence-corrected chi connectivity index (χ0v) is 11.7. The van der Waals surface area contributed by atoms with Crippen molar-refractivity contribution in [1.29, 1.82) is 0 Å². The molecule has 1 aliphatic heterocycles. The van der Waals surface area contributed by atoms with Crippen LogP contribution >= 0.6 is 11.6 Å². The van der Waals surface area contributed by atoms with Gasteiger partial charge in [0, 0.05) is 13.1 Å². The molecule has 0 aliphatic carbocycles. The number of hydrogen-bond acceptors (Lipinski definition) is 2. The standard InChI is InChI=1S/C14H19ClFNO/c1-9(2)14(3)8-17-7-13(18-14)10-4-5-12(16)11(15)6-10/h4-6,9,13,17H,7-8H2,1-3H3. The van der Waals surface area contributed by atoms with Crippen LogP contribution in [0, 0.1) is 11.7 Å². The van der Waals surface area contributed by atoms with E-state index in [4.69, 9.17) is 16.3 Å². The van der Waals surface area contributed by atoms with Gasteiger partial charge in [0.2, 0.25) is 0 Å². The molecule has 0 amide bonds. The van der Waals surface area contributed by atoms with Crippen molar-refractivity contribution in [3.8, 4) is 0 Å². The largest absolute Gasteiger partial charge is 0.364 e. The van der Waals surface area contributed by atoms with Crippen molar-refractivity contribution < 1.29 is 9.13 Å². The van der Waals surface area contributed by atoms with Crippen LogP contribution in [0.15, 0.2) is 18.2 Å². The second kappa shape index (κ2) is 5.16. The van der Waals surface area contributed by atoms with Gasteiger partial charge in [-0.1, -0.05) is 31.5 Å². The van der Waals surface area contributed by atoms with Crippen LogP contribution in [0.1, 0.15) is 32.4 Å². The second-order valence-corrected chi connectivity index (χ2v) is 5.79. The second-order valence-electron chi connectivity index (χ2n) is 5.38. The first-order valence-electron chi connectivity index (χ1n) is 6.26. The monoisotopic (exact) mass is 271 g/mol. The summed E-state index contributed by atoms with van der Waals surface area (Å²) in [5.74, 6) is 0.0135. The molecule has 1 aromatic carbocycles. The molecule has 18 heavy (non-hydrogen) atoms. The molecule has 2 atom stereocenters. The SMILES string of the molecule is CC(C)C1(C)CNCC(c2ccc(F)c(Cl)c2)O1. The Labute approximate surface area is 112 Å². The van der Waals surface area contributed by atoms with E-state index in [1.165, 1.54) is 6.07 Å². The first-order valence-corrected chi connectivity index (χ1v) is 6.63. The van der Waals surface area contributed by atoms with E-state index in [1.807, 2.05) is 0 Å². The molecule has 0 radical (unpaired) electrons. The van der Waals surface area contributed by atoms with E-state index < -0.39 is 5.82 Å². The van der Waals surface area contributed by atoms with Gasteiger partial charge >= 0.3 is 0 Å². The summed E-state index contributed by atoms with van der Waals surface area (Å²) in [5.41, 5.74) is 0.713. The van der Waals surface area contributed by atoms with Crippen molar-refractivity contribution in [3.05, 3.63) is 34.6 Å². The van der Waals surface area contributed by atoms with Gasteiger partial charge in [-0.25, -0.2) is 4.39 Å². The van der Waals surface area contributed by atoms with Gasteiger partial charge in [0.05, 0.1) is 16.7 Å². The summed E-state index contributed by atoms with van der Waals surface area (Å²) in [6, 6.07) is 4.78. The van der Waals surface area contributed by atoms with Crippen LogP contribution < -0.4 is 5.32 Å². The van der Waals surface area contributed by atoms with Gasteiger partial charge in [-0.15, -0.1) is 0 Å². The molecular weight excluding hydrogens is 253 g/mol. The van der Waals surface area contributed by atoms with Gasteiger partial charge in [-0.2, -0.15) is 0 Å². The number of halogens is 2. The van der Waals surface area contributed by atoms with Crippen molar-refractivity contribution in [3.63, 3.8) is 0 Å². The van der Waals surface area contributed by atoms with Gasteiger partial charge < -0.3 is 10.1 Å². The summed E-state index contributed by atoms with van der Waals surface area (Å²) in [5, 5.41) is 3.52. The number of benzene rings is 1. The van der Waals surface area contributed by atoms with Crippen LogP contribution in [-0.4, -0.2) is 18.7 Å². The van der Waals surface area contributed by atoms with Crippen LogP contribution in [0.2, 0.25) is 5.02 Å². The molecule has 1 N–H and O–H groups in total. The van der Waals surface area contributed by atoms with E-state index in [0.29, 0.717) is 5.92 Å². The van der Waals surface area contributed by atoms with Crippen LogP contribution in [0.3, 0.4) is 0 Å². The molecule has 0 bridgehead atoms. The van der Waals surface area contributed by atoms with Crippen molar-refractivity contribution in [2.24, 2.45) is 5.92 Å². The van der Waals surface area contributed by atoms with E-state index in [-0.39, 0.29) is 16.7 Å². The maximum Gasteiger partial charge on any atom is 0.141 e. The molecule has 2 nitrogen and oxygen atoms in total. The number of ether oxygens (including phenoxy) is 1. The lowest BCUT2D eigenvalue weighted by Crippen LogP contribution is -2.52. The first kappa shape index (κ1) is 13.8. The highest BCUT2D eigenvalue weighted by molar-refractivity contribution is 6.30. The lowest BCUT2D eigenvalue weighted by Gasteiger charge is -2.42. The third-order valence-corrected chi connectivity index (χ3v) is 4.04. The molecule has 0 spiro atoms. The fourth-order valence-electron chi connectivity index (χ4n) is 2.10. The molecule has 1 fully saturated rings. The first-order chi connectivity index (χ1) is 8.42. The van der Waals surface area contributed by atoms with Crippen molar-refractivity contribution in [1.82, 2.24) is 5.32 Å². The van der Waals surface area contributed by atoms with E-state index in [1.54, 1.807) is 12.1 Å². The van der Waals surface area contributed by atoms with Crippen molar-refractivity contribution in [2.75, 3.05) is 13.1 Å². The molecule has 2 rings (SSSR count). The summed E-state index contributed by atoms with van der Waals surface area (Å²) in [6.07, 6.45) is -0.0794. The Morgan fingerprint density at radius 3 is 2.83 bits per heavy atom. The summed E-state index contributed by atoms with van der Waals surface area (Å²) in [4.78, 5) is 0. The maximum atomic E-state index is 13.2. The maximum absolute atomic E-state index is 13.2. The lowest BCUT2D eigenvalue weighted by atomic mass is 9.90. The molecule has 1 aliphatic rings. The number of nitrogens with one attached hydrogen (secondary N) is 1. The van der Waals surface area contributed by atoms with Crippen molar-refractivity contribution in [2.45, 2.75) is 32.5 Å². The smallest absolute Gasteiger partial charge is 0.141 e. The molecule has 1 heterocycles. The Kier molecular flexibility index (Phi) is 3.95. The minimum Gasteiger partial charge on any atom is -0.364 e. The van der Waals surface area contributed by atoms with E-state index in [9.17, 15) is 4.39 Å². The van der Waals surface area contributed by atoms with E-state index >= 15 is 0 Å². The zero-order chi connectivity index (χ0) is 13.3. The number of rotatable bonds is 2. The predicted octanol–water partition coefficient (Wildman–Crippen LogP) is 3.55. The van der Waals surface area contributed by atoms with Gasteiger partial charge in [0.25, 0.3) is 0 Å². The average Bonchev–Trinajstić information content (AvgIpc) is 2.32. The fourth-order valence-corrected chi connectivity index (χ4v) is 2.29. The van der Waals surface area contributed by atoms with Crippen LogP contribution in [0.25, 0.3) is 0 Å². The molecule has 0 saturated carbocycles. The Balaban J connectivity index is 2.20. The molecule has 1 aromatic rings. The fraction of sp³-hybridized carbons (Fsp3) is 0.571. The summed E-state index contributed by atoms with van der Waals surface area (Å²) < 4.78 is 19.3. The Bertz CT molecular complexity index is 438. The lowest BCUT2D eigenvalue weighted by molar-refractivity contribution is -0.132. The summed E-state index contributed by atoms with van der Waals surface area (Å²) >= 11 is 5.82. The Morgan fingerprint density at radius 1 is 1.50 bits per heavy atom. The van der Waals surface area contributed by atoms with Crippen LogP contribution in [0.5, 0.6) is 0 Å². The van der Waals surface area contributed by atoms with Gasteiger partial charge in [-0.3, -0.25) is 0 Å². The summed E-state index contributed by atoms with van der Waals surface area (Å²) in [6.45, 7) is 7.94. The van der Waals surface area contributed by atoms with E-state index in [2.05, 4.69) is 26.1 Å². The Morgan fingerprint density at radius 2 is 2.22 bits per heavy atom. The van der Waals surface area contributed by atoms with Crippen LogP contribution in [0.4, 0.5) is 4.39 Å². The van der Waals surface area contributed by atoms with Crippen molar-refractivity contribution >= 4 is 11.6 Å². The molecule has 0 aromatic heterocycles. The normalized spacial score (nSPS) is 28.7. The van der Waals surface area contributed by atoms with Gasteiger partial charge in [0.15, 0.2) is 0 Å². The molecular formula is C14H19ClFNO. The topological polar surface area (TPSA) is 21.3 Å². The molecule has 1 saturated heterocycles. The minimum atomic E-state index is -0.393. The van der Waals surface area contributed by atoms with Crippen LogP contribution in [-0.2, 0) is 4.74 Å². The molecule has 100 valence electrons. The quantitative estimate of drug-likeness (QED) is 0.888. The highest BCUT2D eigenvalue weighted by atomic mass is 35.5. The number of morpholine rings is 1. The minimum absolute atomic E-state index is 0.0794. The Hall–Kier alpha value is -0.640. The van der Waals surface area contributed by atoms with Gasteiger partial charge in [-0.05, 0) is 30.5 Å². The number of hydrogen-bond donors (Lipinski definition) is 1. The summed E-state index contributed by atoms with van der Waals surface area (Å²) in [7, 11) is 0.